The molecule has 21 heavy (non-hydrogen) atoms. The van der Waals surface area contributed by atoms with Crippen molar-refractivity contribution < 1.29 is 4.79 Å². The largest absolute Gasteiger partial charge is 0.312 e. The van der Waals surface area contributed by atoms with Gasteiger partial charge in [0.1, 0.15) is 0 Å². The number of carbonyl (C=O) groups excluding carboxylic acids is 1. The van der Waals surface area contributed by atoms with Gasteiger partial charge in [-0.05, 0) is 32.9 Å². The van der Waals surface area contributed by atoms with Crippen LogP contribution in [-0.4, -0.2) is 49.1 Å². The van der Waals surface area contributed by atoms with Gasteiger partial charge in [0.15, 0.2) is 0 Å². The van der Waals surface area contributed by atoms with E-state index >= 15 is 0 Å². The molecule has 1 saturated heterocycles. The minimum atomic E-state index is 0. The lowest BCUT2D eigenvalue weighted by atomic mass is 10.2. The van der Waals surface area contributed by atoms with Gasteiger partial charge in [0.25, 0.3) is 0 Å². The molecule has 0 saturated carbocycles. The average molecular weight is 312 g/mol. The number of halogens is 1. The summed E-state index contributed by atoms with van der Waals surface area (Å²) < 4.78 is 0. The first-order valence-electron chi connectivity index (χ1n) is 7.40. The summed E-state index contributed by atoms with van der Waals surface area (Å²) in [6.07, 6.45) is 0. The van der Waals surface area contributed by atoms with Crippen molar-refractivity contribution in [3.05, 3.63) is 30.3 Å². The van der Waals surface area contributed by atoms with Crippen molar-refractivity contribution in [2.45, 2.75) is 32.9 Å². The van der Waals surface area contributed by atoms with E-state index in [9.17, 15) is 4.79 Å². The Labute approximate surface area is 133 Å². The molecule has 1 aliphatic rings. The van der Waals surface area contributed by atoms with Crippen LogP contribution in [0.1, 0.15) is 20.8 Å². The van der Waals surface area contributed by atoms with Crippen molar-refractivity contribution in [3.8, 4) is 0 Å². The molecule has 4 nitrogen and oxygen atoms in total. The number of amides is 1. The fraction of sp³-hybridized carbons (Fsp3) is 0.562. The number of piperazine rings is 1. The van der Waals surface area contributed by atoms with Crippen LogP contribution in [-0.2, 0) is 4.79 Å². The third-order valence-corrected chi connectivity index (χ3v) is 3.63. The number of para-hydroxylation sites is 1. The van der Waals surface area contributed by atoms with Crippen LogP contribution in [0.25, 0.3) is 0 Å². The molecule has 1 amide bonds. The molecule has 1 aromatic rings. The fourth-order valence-electron chi connectivity index (χ4n) is 2.74. The Morgan fingerprint density at radius 3 is 2.62 bits per heavy atom. The predicted molar refractivity (Wildman–Crippen MR) is 90.2 cm³/mol. The molecule has 2 rings (SSSR count). The molecule has 0 aromatic heterocycles. The van der Waals surface area contributed by atoms with E-state index in [2.05, 4.69) is 31.0 Å². The highest BCUT2D eigenvalue weighted by molar-refractivity contribution is 5.95. The Bertz CT molecular complexity index is 438. The number of carbonyl (C=O) groups is 1. The van der Waals surface area contributed by atoms with E-state index < -0.39 is 0 Å². The molecule has 1 N–H and O–H groups in total. The van der Waals surface area contributed by atoms with Gasteiger partial charge in [0.05, 0.1) is 6.54 Å². The number of hydrogen-bond acceptors (Lipinski definition) is 3. The van der Waals surface area contributed by atoms with Gasteiger partial charge in [-0.2, -0.15) is 0 Å². The van der Waals surface area contributed by atoms with Crippen LogP contribution in [0.15, 0.2) is 30.3 Å². The molecule has 0 bridgehead atoms. The van der Waals surface area contributed by atoms with Crippen molar-refractivity contribution in [3.63, 3.8) is 0 Å². The molecule has 1 heterocycles. The number of rotatable bonds is 4. The number of hydrogen-bond donors (Lipinski definition) is 1. The van der Waals surface area contributed by atoms with Crippen molar-refractivity contribution >= 4 is 24.0 Å². The zero-order chi connectivity index (χ0) is 14.5. The van der Waals surface area contributed by atoms with Crippen LogP contribution >= 0.6 is 12.4 Å². The molecule has 0 aliphatic carbocycles. The maximum atomic E-state index is 12.6. The van der Waals surface area contributed by atoms with Gasteiger partial charge in [-0.25, -0.2) is 0 Å². The first-order chi connectivity index (χ1) is 9.58. The monoisotopic (exact) mass is 311 g/mol. The van der Waals surface area contributed by atoms with Crippen molar-refractivity contribution in [2.75, 3.05) is 31.1 Å². The zero-order valence-electron chi connectivity index (χ0n) is 13.1. The summed E-state index contributed by atoms with van der Waals surface area (Å²) in [6, 6.07) is 10.6. The normalized spacial score (nSPS) is 19.1. The molecular formula is C16H26ClN3O. The van der Waals surface area contributed by atoms with Gasteiger partial charge in [-0.3, -0.25) is 9.69 Å². The predicted octanol–water partition coefficient (Wildman–Crippen LogP) is 2.14. The second kappa shape index (κ2) is 8.37. The second-order valence-corrected chi connectivity index (χ2v) is 5.78. The van der Waals surface area contributed by atoms with Crippen molar-refractivity contribution in [1.29, 1.82) is 0 Å². The summed E-state index contributed by atoms with van der Waals surface area (Å²) in [4.78, 5) is 16.8. The quantitative estimate of drug-likeness (QED) is 0.925. The Balaban J connectivity index is 0.00000220. The maximum Gasteiger partial charge on any atom is 0.241 e. The number of nitrogens with one attached hydrogen (secondary N) is 1. The second-order valence-electron chi connectivity index (χ2n) is 5.78. The van der Waals surface area contributed by atoms with Crippen molar-refractivity contribution in [1.82, 2.24) is 10.2 Å². The van der Waals surface area contributed by atoms with Gasteiger partial charge in [0, 0.05) is 37.4 Å². The van der Waals surface area contributed by atoms with E-state index in [1.807, 2.05) is 35.2 Å². The summed E-state index contributed by atoms with van der Waals surface area (Å²) in [7, 11) is 0. The molecule has 1 fully saturated rings. The highest BCUT2D eigenvalue weighted by Crippen LogP contribution is 2.17. The molecule has 1 aliphatic heterocycles. The highest BCUT2D eigenvalue weighted by atomic mass is 35.5. The smallest absolute Gasteiger partial charge is 0.241 e. The standard InChI is InChI=1S/C16H25N3O.ClH/c1-13(2)19(15-7-5-4-6-8-15)16(20)12-18-10-9-17-14(3)11-18;/h4-8,13-14,17H,9-12H2,1-3H3;1H. The summed E-state index contributed by atoms with van der Waals surface area (Å²) in [5.41, 5.74) is 0.982. The van der Waals surface area contributed by atoms with E-state index in [1.165, 1.54) is 0 Å². The summed E-state index contributed by atoms with van der Waals surface area (Å²) in [6.45, 7) is 9.62. The molecule has 1 aromatic carbocycles. The van der Waals surface area contributed by atoms with Gasteiger partial charge < -0.3 is 10.2 Å². The number of anilines is 1. The van der Waals surface area contributed by atoms with E-state index in [4.69, 9.17) is 0 Å². The minimum absolute atomic E-state index is 0. The molecule has 5 heteroatoms. The SMILES string of the molecule is CC1CN(CC(=O)N(c2ccccc2)C(C)C)CCN1.Cl. The first kappa shape index (κ1) is 18.0. The van der Waals surface area contributed by atoms with Crippen LogP contribution in [0.3, 0.4) is 0 Å². The van der Waals surface area contributed by atoms with Crippen LogP contribution in [0.4, 0.5) is 5.69 Å². The minimum Gasteiger partial charge on any atom is -0.312 e. The van der Waals surface area contributed by atoms with Gasteiger partial charge in [-0.15, -0.1) is 12.4 Å². The van der Waals surface area contributed by atoms with Crippen LogP contribution in [0, 0.1) is 0 Å². The Hall–Kier alpha value is -1.10. The molecule has 0 radical (unpaired) electrons. The van der Waals surface area contributed by atoms with E-state index in [0.717, 1.165) is 25.3 Å². The Kier molecular flexibility index (Phi) is 7.15. The van der Waals surface area contributed by atoms with E-state index in [0.29, 0.717) is 12.6 Å². The summed E-state index contributed by atoms with van der Waals surface area (Å²) >= 11 is 0. The third-order valence-electron chi connectivity index (χ3n) is 3.63. The maximum absolute atomic E-state index is 12.6. The zero-order valence-corrected chi connectivity index (χ0v) is 13.9. The Morgan fingerprint density at radius 1 is 1.38 bits per heavy atom. The third kappa shape index (κ3) is 4.99. The van der Waals surface area contributed by atoms with E-state index in [-0.39, 0.29) is 24.4 Å². The molecular weight excluding hydrogens is 286 g/mol. The van der Waals surface area contributed by atoms with Crippen LogP contribution in [0.2, 0.25) is 0 Å². The van der Waals surface area contributed by atoms with Crippen LogP contribution in [0.5, 0.6) is 0 Å². The Morgan fingerprint density at radius 2 is 2.05 bits per heavy atom. The van der Waals surface area contributed by atoms with E-state index in [1.54, 1.807) is 0 Å². The van der Waals surface area contributed by atoms with Gasteiger partial charge >= 0.3 is 0 Å². The van der Waals surface area contributed by atoms with Crippen molar-refractivity contribution in [2.24, 2.45) is 0 Å². The highest BCUT2D eigenvalue weighted by Gasteiger charge is 2.23. The molecule has 118 valence electrons. The molecule has 1 atom stereocenters. The lowest BCUT2D eigenvalue weighted by Crippen LogP contribution is -2.53. The summed E-state index contributed by atoms with van der Waals surface area (Å²) in [5.74, 6) is 0.181. The topological polar surface area (TPSA) is 35.6 Å². The average Bonchev–Trinajstić information content (AvgIpc) is 2.39. The summed E-state index contributed by atoms with van der Waals surface area (Å²) in [5, 5.41) is 3.40. The van der Waals surface area contributed by atoms with Crippen LogP contribution < -0.4 is 10.2 Å². The first-order valence-corrected chi connectivity index (χ1v) is 7.40. The number of nitrogens with zero attached hydrogens (tertiary/aromatic N) is 2. The lowest BCUT2D eigenvalue weighted by Gasteiger charge is -2.34. The fourth-order valence-corrected chi connectivity index (χ4v) is 2.74. The molecule has 1 unspecified atom stereocenters. The van der Waals surface area contributed by atoms with Gasteiger partial charge in [-0.1, -0.05) is 18.2 Å². The lowest BCUT2D eigenvalue weighted by molar-refractivity contribution is -0.120. The molecule has 0 spiro atoms. The number of benzene rings is 1. The van der Waals surface area contributed by atoms with Gasteiger partial charge in [0.2, 0.25) is 5.91 Å².